The Morgan fingerprint density at radius 1 is 1.43 bits per heavy atom. The maximum absolute atomic E-state index is 12.8. The number of rotatable bonds is 3. The number of sulfonamides is 1. The summed E-state index contributed by atoms with van der Waals surface area (Å²) in [6, 6.07) is 1.15. The number of aromatic carboxylic acids is 1. The second-order valence-electron chi connectivity index (χ2n) is 5.42. The lowest BCUT2D eigenvalue weighted by Crippen LogP contribution is -2.41. The fraction of sp³-hybridized carbons (Fsp3) is 0.615. The molecule has 0 spiro atoms. The molecule has 21 heavy (non-hydrogen) atoms. The number of nitrogens with zero attached hydrogens (tertiary/aromatic N) is 2. The van der Waals surface area contributed by atoms with E-state index in [0.717, 1.165) is 24.3 Å². The molecule has 1 aliphatic heterocycles. The monoisotopic (exact) mass is 332 g/mol. The van der Waals surface area contributed by atoms with E-state index in [1.165, 1.54) is 10.4 Å². The van der Waals surface area contributed by atoms with Crippen molar-refractivity contribution in [3.8, 4) is 0 Å². The lowest BCUT2D eigenvalue weighted by atomic mass is 10.3. The molecule has 0 bridgehead atoms. The van der Waals surface area contributed by atoms with E-state index < -0.39 is 16.0 Å². The van der Waals surface area contributed by atoms with Gasteiger partial charge in [0.05, 0.1) is 4.90 Å². The highest BCUT2D eigenvalue weighted by molar-refractivity contribution is 7.89. The van der Waals surface area contributed by atoms with Crippen molar-refractivity contribution in [2.75, 3.05) is 26.7 Å². The summed E-state index contributed by atoms with van der Waals surface area (Å²) in [6.45, 7) is 5.54. The van der Waals surface area contributed by atoms with Crippen LogP contribution in [0.1, 0.15) is 27.9 Å². The van der Waals surface area contributed by atoms with Crippen molar-refractivity contribution < 1.29 is 18.3 Å². The smallest absolute Gasteiger partial charge is 0.345 e. The molecule has 1 atom stereocenters. The number of carbonyl (C=O) groups is 1. The largest absolute Gasteiger partial charge is 0.477 e. The molecule has 0 aromatic carbocycles. The second-order valence-corrected chi connectivity index (χ2v) is 8.53. The predicted octanol–water partition coefficient (Wildman–Crippen LogP) is 1.47. The zero-order valence-corrected chi connectivity index (χ0v) is 14.0. The quantitative estimate of drug-likeness (QED) is 0.907. The molecule has 1 N–H and O–H groups in total. The number of aryl methyl sites for hydroxylation is 1. The van der Waals surface area contributed by atoms with E-state index in [1.54, 1.807) is 6.92 Å². The van der Waals surface area contributed by atoms with Crippen LogP contribution in [0.2, 0.25) is 0 Å². The molecule has 1 aliphatic rings. The summed E-state index contributed by atoms with van der Waals surface area (Å²) >= 11 is 1.00. The van der Waals surface area contributed by atoms with Gasteiger partial charge in [-0.15, -0.1) is 11.3 Å². The Balaban J connectivity index is 2.39. The van der Waals surface area contributed by atoms with E-state index in [-0.39, 0.29) is 15.8 Å². The molecule has 0 radical (unpaired) electrons. The van der Waals surface area contributed by atoms with Gasteiger partial charge in [0.25, 0.3) is 0 Å². The van der Waals surface area contributed by atoms with E-state index in [2.05, 4.69) is 4.90 Å². The first kappa shape index (κ1) is 16.4. The van der Waals surface area contributed by atoms with Crippen molar-refractivity contribution in [3.63, 3.8) is 0 Å². The average Bonchev–Trinajstić information content (AvgIpc) is 2.68. The van der Waals surface area contributed by atoms with Crippen LogP contribution < -0.4 is 0 Å². The highest BCUT2D eigenvalue weighted by Crippen LogP contribution is 2.30. The second kappa shape index (κ2) is 6.04. The Hall–Kier alpha value is -0.960. The van der Waals surface area contributed by atoms with Crippen LogP contribution in [0.4, 0.5) is 0 Å². The molecule has 1 saturated heterocycles. The molecule has 8 heteroatoms. The van der Waals surface area contributed by atoms with Gasteiger partial charge in [-0.1, -0.05) is 0 Å². The molecule has 6 nitrogen and oxygen atoms in total. The number of carboxylic acid groups (broad SMARTS) is 1. The Labute approximate surface area is 129 Å². The van der Waals surface area contributed by atoms with E-state index in [9.17, 15) is 13.2 Å². The minimum Gasteiger partial charge on any atom is -0.477 e. The molecule has 2 heterocycles. The molecule has 118 valence electrons. The summed E-state index contributed by atoms with van der Waals surface area (Å²) in [5.74, 6) is -1.09. The highest BCUT2D eigenvalue weighted by Gasteiger charge is 2.33. The van der Waals surface area contributed by atoms with Gasteiger partial charge in [0.1, 0.15) is 4.88 Å². The highest BCUT2D eigenvalue weighted by atomic mass is 32.2. The first-order valence-electron chi connectivity index (χ1n) is 6.77. The third-order valence-corrected chi connectivity index (χ3v) is 6.96. The van der Waals surface area contributed by atoms with Gasteiger partial charge in [0.2, 0.25) is 10.0 Å². The van der Waals surface area contributed by atoms with Crippen molar-refractivity contribution in [3.05, 3.63) is 15.8 Å². The maximum Gasteiger partial charge on any atom is 0.345 e. The third-order valence-electron chi connectivity index (χ3n) is 3.66. The summed E-state index contributed by atoms with van der Waals surface area (Å²) in [5, 5.41) is 9.03. The molecule has 1 unspecified atom stereocenters. The van der Waals surface area contributed by atoms with Crippen molar-refractivity contribution >= 4 is 27.3 Å². The topological polar surface area (TPSA) is 77.9 Å². The zero-order valence-electron chi connectivity index (χ0n) is 12.4. The molecule has 1 aromatic heterocycles. The van der Waals surface area contributed by atoms with Gasteiger partial charge in [-0.3, -0.25) is 0 Å². The van der Waals surface area contributed by atoms with Crippen LogP contribution in [0.3, 0.4) is 0 Å². The minimum atomic E-state index is -3.65. The fourth-order valence-corrected chi connectivity index (χ4v) is 5.72. The molecule has 2 rings (SSSR count). The van der Waals surface area contributed by atoms with Crippen molar-refractivity contribution in [1.82, 2.24) is 9.21 Å². The van der Waals surface area contributed by atoms with E-state index in [1.807, 2.05) is 14.0 Å². The lowest BCUT2D eigenvalue weighted by molar-refractivity contribution is 0.0702. The zero-order chi connectivity index (χ0) is 15.8. The van der Waals surface area contributed by atoms with E-state index in [0.29, 0.717) is 18.0 Å². The normalized spacial score (nSPS) is 22.1. The lowest BCUT2D eigenvalue weighted by Gasteiger charge is -2.27. The van der Waals surface area contributed by atoms with Crippen LogP contribution in [0.25, 0.3) is 0 Å². The van der Waals surface area contributed by atoms with Crippen molar-refractivity contribution in [2.24, 2.45) is 0 Å². The minimum absolute atomic E-state index is 0.0608. The van der Waals surface area contributed by atoms with Crippen molar-refractivity contribution in [1.29, 1.82) is 0 Å². The molecular formula is C13H20N2O4S2. The van der Waals surface area contributed by atoms with Crippen LogP contribution in [-0.4, -0.2) is 61.4 Å². The van der Waals surface area contributed by atoms with E-state index in [4.69, 9.17) is 5.11 Å². The predicted molar refractivity (Wildman–Crippen MR) is 81.5 cm³/mol. The SMILES string of the molecule is Cc1sc(C(=O)O)cc1S(=O)(=O)N1CCCN(C)CC1C. The van der Waals surface area contributed by atoms with Gasteiger partial charge in [-0.25, -0.2) is 13.2 Å². The van der Waals surface area contributed by atoms with Gasteiger partial charge in [0, 0.05) is 24.0 Å². The van der Waals surface area contributed by atoms with Gasteiger partial charge in [0.15, 0.2) is 0 Å². The Kier molecular flexibility index (Phi) is 4.72. The molecule has 1 fully saturated rings. The summed E-state index contributed by atoms with van der Waals surface area (Å²) in [7, 11) is -1.67. The molecule has 0 aliphatic carbocycles. The maximum atomic E-state index is 12.8. The number of hydrogen-bond acceptors (Lipinski definition) is 5. The van der Waals surface area contributed by atoms with Crippen LogP contribution in [-0.2, 0) is 10.0 Å². The Morgan fingerprint density at radius 3 is 2.67 bits per heavy atom. The molecule has 0 amide bonds. The van der Waals surface area contributed by atoms with Gasteiger partial charge in [-0.05, 0) is 39.9 Å². The molecular weight excluding hydrogens is 312 g/mol. The third kappa shape index (κ3) is 3.28. The number of thiophene rings is 1. The standard InChI is InChI=1S/C13H20N2O4S2/c1-9-8-14(3)5-4-6-15(9)21(18,19)12-7-11(13(16)17)20-10(12)2/h7,9H,4-6,8H2,1-3H3,(H,16,17). The molecule has 0 saturated carbocycles. The summed E-state index contributed by atoms with van der Waals surface area (Å²) in [6.07, 6.45) is 0.773. The number of likely N-dealkylation sites (N-methyl/N-ethyl adjacent to an activating group) is 1. The van der Waals surface area contributed by atoms with Crippen LogP contribution in [0.5, 0.6) is 0 Å². The number of carboxylic acids is 1. The van der Waals surface area contributed by atoms with Crippen LogP contribution in [0.15, 0.2) is 11.0 Å². The van der Waals surface area contributed by atoms with Gasteiger partial charge in [-0.2, -0.15) is 4.31 Å². The molecule has 1 aromatic rings. The summed E-state index contributed by atoms with van der Waals surface area (Å²) < 4.78 is 27.2. The fourth-order valence-electron chi connectivity index (χ4n) is 2.66. The van der Waals surface area contributed by atoms with Crippen LogP contribution >= 0.6 is 11.3 Å². The van der Waals surface area contributed by atoms with Crippen molar-refractivity contribution in [2.45, 2.75) is 31.2 Å². The Bertz CT molecular complexity index is 639. The average molecular weight is 332 g/mol. The van der Waals surface area contributed by atoms with Gasteiger partial charge >= 0.3 is 5.97 Å². The van der Waals surface area contributed by atoms with Gasteiger partial charge < -0.3 is 10.0 Å². The number of hydrogen-bond donors (Lipinski definition) is 1. The van der Waals surface area contributed by atoms with E-state index >= 15 is 0 Å². The summed E-state index contributed by atoms with van der Waals surface area (Å²) in [4.78, 5) is 13.9. The Morgan fingerprint density at radius 2 is 2.10 bits per heavy atom. The first-order chi connectivity index (χ1) is 9.73. The summed E-state index contributed by atoms with van der Waals surface area (Å²) in [5.41, 5.74) is 0. The first-order valence-corrected chi connectivity index (χ1v) is 9.03. The van der Waals surface area contributed by atoms with Crippen LogP contribution in [0, 0.1) is 6.92 Å².